The van der Waals surface area contributed by atoms with Gasteiger partial charge in [-0.2, -0.15) is 5.26 Å². The fraction of sp³-hybridized carbons (Fsp3) is 0.478. The number of carbonyl (C=O) groups is 1. The summed E-state index contributed by atoms with van der Waals surface area (Å²) in [6.07, 6.45) is 2.40. The van der Waals surface area contributed by atoms with Crippen LogP contribution in [0, 0.1) is 11.3 Å². The predicted octanol–water partition coefficient (Wildman–Crippen LogP) is 2.40. The number of hydrogen-bond donors (Lipinski definition) is 3. The van der Waals surface area contributed by atoms with Gasteiger partial charge in [-0.25, -0.2) is 14.8 Å². The molecule has 3 rings (SSSR count). The Balaban J connectivity index is 1.88. The molecule has 0 fully saturated rings. The Morgan fingerprint density at radius 3 is 2.76 bits per heavy atom. The number of aryl methyl sites for hydroxylation is 1. The zero-order valence-corrected chi connectivity index (χ0v) is 20.0. The second-order valence-electron chi connectivity index (χ2n) is 7.68. The smallest absolute Gasteiger partial charge is 0.328 e. The number of aromatic nitrogens is 2. The molecule has 3 heterocycles. The maximum Gasteiger partial charge on any atom is 0.328 e. The predicted molar refractivity (Wildman–Crippen MR) is 128 cm³/mol. The Hall–Kier alpha value is -3.30. The van der Waals surface area contributed by atoms with Gasteiger partial charge in [0.05, 0.1) is 17.9 Å². The lowest BCUT2D eigenvalue weighted by molar-refractivity contribution is -0.109. The van der Waals surface area contributed by atoms with Gasteiger partial charge in [0.15, 0.2) is 0 Å². The molecule has 0 aliphatic carbocycles. The molecule has 0 saturated heterocycles. The topological polar surface area (TPSA) is 134 Å². The molecule has 11 nitrogen and oxygen atoms in total. The van der Waals surface area contributed by atoms with Crippen molar-refractivity contribution in [2.75, 3.05) is 63.6 Å². The maximum atomic E-state index is 13.2. The first-order chi connectivity index (χ1) is 16.6. The van der Waals surface area contributed by atoms with E-state index in [0.29, 0.717) is 54.8 Å². The van der Waals surface area contributed by atoms with Gasteiger partial charge >= 0.3 is 6.03 Å². The third-order valence-electron chi connectivity index (χ3n) is 5.42. The number of urea groups is 1. The number of pyridine rings is 2. The van der Waals surface area contributed by atoms with E-state index in [2.05, 4.69) is 33.1 Å². The van der Waals surface area contributed by atoms with Gasteiger partial charge in [0.2, 0.25) is 6.29 Å². The fourth-order valence-corrected chi connectivity index (χ4v) is 3.83. The molecule has 34 heavy (non-hydrogen) atoms. The summed E-state index contributed by atoms with van der Waals surface area (Å²) >= 11 is 0. The summed E-state index contributed by atoms with van der Waals surface area (Å²) in [5, 5.41) is 18.4. The number of nitrogens with one attached hydrogen (secondary N) is 3. The van der Waals surface area contributed by atoms with Crippen molar-refractivity contribution < 1.29 is 19.0 Å². The molecule has 2 aromatic heterocycles. The maximum absolute atomic E-state index is 13.2. The van der Waals surface area contributed by atoms with Crippen LogP contribution in [0.5, 0.6) is 0 Å². The average Bonchev–Trinajstić information content (AvgIpc) is 2.85. The van der Waals surface area contributed by atoms with Gasteiger partial charge in [-0.1, -0.05) is 0 Å². The number of nitrogens with zero attached hydrogens (tertiary/aromatic N) is 4. The Bertz CT molecular complexity index is 1040. The van der Waals surface area contributed by atoms with Crippen molar-refractivity contribution in [3.8, 4) is 6.07 Å². The van der Waals surface area contributed by atoms with Crippen LogP contribution in [0.2, 0.25) is 0 Å². The van der Waals surface area contributed by atoms with Crippen LogP contribution in [0.15, 0.2) is 18.3 Å². The Morgan fingerprint density at radius 2 is 2.09 bits per heavy atom. The first kappa shape index (κ1) is 25.3. The van der Waals surface area contributed by atoms with E-state index < -0.39 is 6.29 Å². The number of methoxy groups -OCH3 is 3. The van der Waals surface area contributed by atoms with E-state index in [0.717, 1.165) is 24.0 Å². The number of amides is 2. The van der Waals surface area contributed by atoms with E-state index in [1.54, 1.807) is 32.3 Å². The monoisotopic (exact) mass is 469 g/mol. The zero-order valence-electron chi connectivity index (χ0n) is 20.0. The molecular weight excluding hydrogens is 438 g/mol. The van der Waals surface area contributed by atoms with Crippen molar-refractivity contribution in [1.82, 2.24) is 15.3 Å². The number of hydrogen-bond acceptors (Lipinski definition) is 9. The molecule has 1 aliphatic heterocycles. The van der Waals surface area contributed by atoms with Gasteiger partial charge in [0, 0.05) is 53.2 Å². The quantitative estimate of drug-likeness (QED) is 0.354. The van der Waals surface area contributed by atoms with Crippen molar-refractivity contribution in [3.05, 3.63) is 40.7 Å². The Labute approximate surface area is 199 Å². The lowest BCUT2D eigenvalue weighted by atomic mass is 10.0. The highest BCUT2D eigenvalue weighted by molar-refractivity contribution is 6.01. The Kier molecular flexibility index (Phi) is 9.12. The summed E-state index contributed by atoms with van der Waals surface area (Å²) in [7, 11) is 6.57. The molecule has 3 N–H and O–H groups in total. The zero-order chi connectivity index (χ0) is 24.5. The number of anilines is 3. The highest BCUT2D eigenvalue weighted by Crippen LogP contribution is 2.31. The standard InChI is InChI=1S/C23H31N7O4/c1-25-13-16-10-15-6-5-8-30(21(15)29-20(16)22(33-3)34-4)23(31)28-19-11-18(26-7-9-32-2)17(12-24)14-27-19/h10-11,14,22,25H,5-9,13H2,1-4H3,(H2,26,27,28,31). The van der Waals surface area contributed by atoms with Crippen LogP contribution in [0.1, 0.15) is 35.1 Å². The van der Waals surface area contributed by atoms with Crippen LogP contribution in [0.25, 0.3) is 0 Å². The third kappa shape index (κ3) is 5.78. The minimum Gasteiger partial charge on any atom is -0.383 e. The van der Waals surface area contributed by atoms with Crippen LogP contribution >= 0.6 is 0 Å². The summed E-state index contributed by atoms with van der Waals surface area (Å²) in [6.45, 7) is 2.10. The second kappa shape index (κ2) is 12.2. The van der Waals surface area contributed by atoms with Crippen molar-refractivity contribution >= 4 is 23.4 Å². The van der Waals surface area contributed by atoms with Crippen molar-refractivity contribution in [2.45, 2.75) is 25.7 Å². The van der Waals surface area contributed by atoms with Gasteiger partial charge in [0.1, 0.15) is 23.4 Å². The van der Waals surface area contributed by atoms with Crippen molar-refractivity contribution in [1.29, 1.82) is 5.26 Å². The van der Waals surface area contributed by atoms with E-state index in [1.165, 1.54) is 6.20 Å². The fourth-order valence-electron chi connectivity index (χ4n) is 3.83. The van der Waals surface area contributed by atoms with Crippen LogP contribution in [-0.4, -0.2) is 64.1 Å². The summed E-state index contributed by atoms with van der Waals surface area (Å²) < 4.78 is 15.9. The number of ether oxygens (including phenoxy) is 3. The summed E-state index contributed by atoms with van der Waals surface area (Å²) in [5.41, 5.74) is 3.52. The van der Waals surface area contributed by atoms with Gasteiger partial charge < -0.3 is 24.8 Å². The van der Waals surface area contributed by atoms with Crippen LogP contribution in [0.3, 0.4) is 0 Å². The first-order valence-electron chi connectivity index (χ1n) is 11.0. The first-order valence-corrected chi connectivity index (χ1v) is 11.0. The third-order valence-corrected chi connectivity index (χ3v) is 5.42. The number of fused-ring (bicyclic) bond motifs is 1. The molecule has 0 radical (unpaired) electrons. The molecule has 0 saturated carbocycles. The molecule has 0 aromatic carbocycles. The van der Waals surface area contributed by atoms with Gasteiger partial charge in [-0.3, -0.25) is 10.2 Å². The van der Waals surface area contributed by atoms with Crippen LogP contribution in [-0.2, 0) is 27.2 Å². The van der Waals surface area contributed by atoms with Crippen molar-refractivity contribution in [2.24, 2.45) is 0 Å². The van der Waals surface area contributed by atoms with Gasteiger partial charge in [-0.05, 0) is 37.1 Å². The lowest BCUT2D eigenvalue weighted by Crippen LogP contribution is -2.40. The normalized spacial score (nSPS) is 12.9. The molecule has 2 aromatic rings. The van der Waals surface area contributed by atoms with E-state index in [9.17, 15) is 10.1 Å². The summed E-state index contributed by atoms with van der Waals surface area (Å²) in [5.74, 6) is 0.902. The number of carbonyl (C=O) groups excluding carboxylic acids is 1. The minimum absolute atomic E-state index is 0.328. The lowest BCUT2D eigenvalue weighted by Gasteiger charge is -2.30. The Morgan fingerprint density at radius 1 is 1.29 bits per heavy atom. The van der Waals surface area contributed by atoms with E-state index in [4.69, 9.17) is 19.2 Å². The van der Waals surface area contributed by atoms with Crippen molar-refractivity contribution in [3.63, 3.8) is 0 Å². The molecule has 182 valence electrons. The van der Waals surface area contributed by atoms with E-state index in [1.807, 2.05) is 7.05 Å². The summed E-state index contributed by atoms with van der Waals surface area (Å²) in [4.78, 5) is 23.9. The average molecular weight is 470 g/mol. The van der Waals surface area contributed by atoms with Crippen LogP contribution < -0.4 is 20.9 Å². The molecule has 0 bridgehead atoms. The number of rotatable bonds is 10. The van der Waals surface area contributed by atoms with Crippen LogP contribution in [0.4, 0.5) is 22.1 Å². The highest BCUT2D eigenvalue weighted by Gasteiger charge is 2.28. The van der Waals surface area contributed by atoms with Gasteiger partial charge in [0.25, 0.3) is 0 Å². The van der Waals surface area contributed by atoms with Gasteiger partial charge in [-0.15, -0.1) is 0 Å². The largest absolute Gasteiger partial charge is 0.383 e. The molecule has 0 unspecified atom stereocenters. The molecule has 0 spiro atoms. The molecule has 2 amide bonds. The second-order valence-corrected chi connectivity index (χ2v) is 7.68. The molecular formula is C23H31N7O4. The number of nitriles is 1. The van der Waals surface area contributed by atoms with E-state index >= 15 is 0 Å². The van der Waals surface area contributed by atoms with E-state index in [-0.39, 0.29) is 6.03 Å². The summed E-state index contributed by atoms with van der Waals surface area (Å²) in [6, 6.07) is 5.43. The highest BCUT2D eigenvalue weighted by atomic mass is 16.7. The molecule has 0 atom stereocenters. The molecule has 1 aliphatic rings. The SMILES string of the molecule is CNCc1cc2c(nc1C(OC)OC)N(C(=O)Nc1cc(NCCOC)c(C#N)cn1)CCC2. The molecule has 11 heteroatoms. The minimum atomic E-state index is -0.651.